The highest BCUT2D eigenvalue weighted by atomic mass is 32.2. The summed E-state index contributed by atoms with van der Waals surface area (Å²) in [5.41, 5.74) is 5.55. The van der Waals surface area contributed by atoms with E-state index in [0.717, 1.165) is 0 Å². The van der Waals surface area contributed by atoms with Gasteiger partial charge in [-0.3, -0.25) is 19.2 Å². The molecule has 0 radical (unpaired) electrons. The van der Waals surface area contributed by atoms with Crippen molar-refractivity contribution in [2.45, 2.75) is 51.2 Å². The molecule has 0 aromatic carbocycles. The largest absolute Gasteiger partial charge is 0.481 e. The lowest BCUT2D eigenvalue weighted by molar-refractivity contribution is -0.143. The molecule has 0 fully saturated rings. The number of hydrogen-bond donors (Lipinski definition) is 6. The number of rotatable bonds is 14. The molecule has 12 heteroatoms. The monoisotopic (exact) mass is 434 g/mol. The second-order valence-corrected chi connectivity index (χ2v) is 7.71. The minimum Gasteiger partial charge on any atom is -0.481 e. The average Bonchev–Trinajstić information content (AvgIpc) is 2.64. The summed E-state index contributed by atoms with van der Waals surface area (Å²) in [7, 11) is 0. The molecule has 0 aromatic rings. The Kier molecular flexibility index (Phi) is 12.7. The molecule has 0 aliphatic rings. The standard InChI is InChI=1S/C17H30N4O7S/c1-9(2)14(17(27)28)21-16(26)11(6-7-29-3)20-12(22)8-19-15(25)10(18)4-5-13(23)24/h9-11,14H,4-8,18H2,1-3H3,(H,19,25)(H,20,22)(H,21,26)(H,23,24)(H,27,28). The second kappa shape index (κ2) is 13.8. The Bertz CT molecular complexity index is 600. The Hall–Kier alpha value is -2.34. The number of amides is 3. The Morgan fingerprint density at radius 3 is 2.10 bits per heavy atom. The van der Waals surface area contributed by atoms with Crippen LogP contribution in [-0.2, 0) is 24.0 Å². The first-order chi connectivity index (χ1) is 13.5. The lowest BCUT2D eigenvalue weighted by Crippen LogP contribution is -2.54. The zero-order chi connectivity index (χ0) is 22.6. The number of thioether (sulfide) groups is 1. The number of nitrogens with two attached hydrogens (primary N) is 1. The van der Waals surface area contributed by atoms with Crippen LogP contribution in [0.3, 0.4) is 0 Å². The SMILES string of the molecule is CSCCC(NC(=O)CNC(=O)C(N)CCC(=O)O)C(=O)NC(C(=O)O)C(C)C. The maximum absolute atomic E-state index is 12.4. The van der Waals surface area contributed by atoms with E-state index in [1.807, 2.05) is 6.26 Å². The van der Waals surface area contributed by atoms with E-state index in [2.05, 4.69) is 16.0 Å². The molecule has 3 amide bonds. The normalized spacial score (nSPS) is 13.8. The third kappa shape index (κ3) is 11.3. The predicted octanol–water partition coefficient (Wildman–Crippen LogP) is -1.24. The van der Waals surface area contributed by atoms with Gasteiger partial charge in [-0.05, 0) is 30.8 Å². The molecule has 0 aliphatic heterocycles. The van der Waals surface area contributed by atoms with Gasteiger partial charge in [0.25, 0.3) is 0 Å². The van der Waals surface area contributed by atoms with E-state index >= 15 is 0 Å². The smallest absolute Gasteiger partial charge is 0.326 e. The van der Waals surface area contributed by atoms with Crippen LogP contribution in [0.4, 0.5) is 0 Å². The van der Waals surface area contributed by atoms with Gasteiger partial charge in [-0.25, -0.2) is 4.79 Å². The number of carbonyl (C=O) groups is 5. The topological polar surface area (TPSA) is 188 Å². The van der Waals surface area contributed by atoms with Crippen LogP contribution in [0.2, 0.25) is 0 Å². The van der Waals surface area contributed by atoms with E-state index in [1.165, 1.54) is 11.8 Å². The molecule has 0 heterocycles. The van der Waals surface area contributed by atoms with Crippen molar-refractivity contribution in [1.29, 1.82) is 0 Å². The maximum atomic E-state index is 12.4. The van der Waals surface area contributed by atoms with Gasteiger partial charge < -0.3 is 31.9 Å². The van der Waals surface area contributed by atoms with Gasteiger partial charge in [0.05, 0.1) is 12.6 Å². The molecular weight excluding hydrogens is 404 g/mol. The quantitative estimate of drug-likeness (QED) is 0.194. The molecule has 11 nitrogen and oxygen atoms in total. The predicted molar refractivity (Wildman–Crippen MR) is 107 cm³/mol. The number of carboxylic acids is 2. The Morgan fingerprint density at radius 1 is 1.00 bits per heavy atom. The molecular formula is C17H30N4O7S. The lowest BCUT2D eigenvalue weighted by atomic mass is 10.0. The fourth-order valence-corrected chi connectivity index (χ4v) is 2.70. The molecule has 166 valence electrons. The first-order valence-corrected chi connectivity index (χ1v) is 10.5. The van der Waals surface area contributed by atoms with E-state index in [1.54, 1.807) is 13.8 Å². The van der Waals surface area contributed by atoms with Crippen LogP contribution in [0.25, 0.3) is 0 Å². The van der Waals surface area contributed by atoms with E-state index in [0.29, 0.717) is 5.75 Å². The van der Waals surface area contributed by atoms with Crippen LogP contribution in [0.1, 0.15) is 33.1 Å². The van der Waals surface area contributed by atoms with Crippen molar-refractivity contribution in [3.8, 4) is 0 Å². The highest BCUT2D eigenvalue weighted by Crippen LogP contribution is 2.05. The maximum Gasteiger partial charge on any atom is 0.326 e. The van der Waals surface area contributed by atoms with Gasteiger partial charge in [0, 0.05) is 6.42 Å². The van der Waals surface area contributed by atoms with Crippen molar-refractivity contribution in [3.63, 3.8) is 0 Å². The van der Waals surface area contributed by atoms with Crippen LogP contribution >= 0.6 is 11.8 Å². The van der Waals surface area contributed by atoms with Crippen molar-refractivity contribution >= 4 is 41.4 Å². The highest BCUT2D eigenvalue weighted by molar-refractivity contribution is 7.98. The van der Waals surface area contributed by atoms with Crippen molar-refractivity contribution in [2.75, 3.05) is 18.6 Å². The summed E-state index contributed by atoms with van der Waals surface area (Å²) >= 11 is 1.45. The van der Waals surface area contributed by atoms with Gasteiger partial charge in [-0.15, -0.1) is 0 Å². The minimum atomic E-state index is -1.18. The second-order valence-electron chi connectivity index (χ2n) is 6.73. The summed E-state index contributed by atoms with van der Waals surface area (Å²) in [6.07, 6.45) is 1.74. The van der Waals surface area contributed by atoms with E-state index in [9.17, 15) is 29.1 Å². The zero-order valence-corrected chi connectivity index (χ0v) is 17.6. The molecule has 0 aromatic heterocycles. The number of aliphatic carboxylic acids is 2. The minimum absolute atomic E-state index is 0.0761. The van der Waals surface area contributed by atoms with Crippen molar-refractivity contribution in [2.24, 2.45) is 11.7 Å². The molecule has 3 atom stereocenters. The van der Waals surface area contributed by atoms with Crippen LogP contribution in [0.15, 0.2) is 0 Å². The number of nitrogens with one attached hydrogen (secondary N) is 3. The summed E-state index contributed by atoms with van der Waals surface area (Å²) in [6, 6.07) is -3.13. The Morgan fingerprint density at radius 2 is 1.62 bits per heavy atom. The number of carboxylic acid groups (broad SMARTS) is 2. The van der Waals surface area contributed by atoms with Crippen molar-refractivity contribution in [3.05, 3.63) is 0 Å². The summed E-state index contributed by atoms with van der Waals surface area (Å²) < 4.78 is 0. The Labute approximate surface area is 173 Å². The van der Waals surface area contributed by atoms with Crippen LogP contribution in [-0.4, -0.2) is 76.6 Å². The van der Waals surface area contributed by atoms with Gasteiger partial charge in [-0.1, -0.05) is 13.8 Å². The summed E-state index contributed by atoms with van der Waals surface area (Å²) in [6.45, 7) is 2.85. The fourth-order valence-electron chi connectivity index (χ4n) is 2.23. The Balaban J connectivity index is 4.77. The third-order valence-electron chi connectivity index (χ3n) is 3.92. The average molecular weight is 435 g/mol. The molecule has 3 unspecified atom stereocenters. The first kappa shape index (κ1) is 26.7. The molecule has 0 bridgehead atoms. The van der Waals surface area contributed by atoms with Gasteiger partial charge in [0.1, 0.15) is 12.1 Å². The highest BCUT2D eigenvalue weighted by Gasteiger charge is 2.28. The van der Waals surface area contributed by atoms with Gasteiger partial charge in [0.15, 0.2) is 0 Å². The number of hydrogen-bond acceptors (Lipinski definition) is 7. The molecule has 0 rings (SSSR count). The number of carbonyl (C=O) groups excluding carboxylic acids is 3. The summed E-state index contributed by atoms with van der Waals surface area (Å²) in [5.74, 6) is -4.03. The lowest BCUT2D eigenvalue weighted by Gasteiger charge is -2.23. The zero-order valence-electron chi connectivity index (χ0n) is 16.8. The van der Waals surface area contributed by atoms with Gasteiger partial charge in [-0.2, -0.15) is 11.8 Å². The van der Waals surface area contributed by atoms with Crippen LogP contribution in [0.5, 0.6) is 0 Å². The molecule has 0 aliphatic carbocycles. The van der Waals surface area contributed by atoms with Gasteiger partial charge in [0.2, 0.25) is 17.7 Å². The summed E-state index contributed by atoms with van der Waals surface area (Å²) in [5, 5.41) is 25.0. The molecule has 7 N–H and O–H groups in total. The van der Waals surface area contributed by atoms with E-state index in [4.69, 9.17) is 10.8 Å². The van der Waals surface area contributed by atoms with Crippen LogP contribution in [0, 0.1) is 5.92 Å². The molecule has 0 spiro atoms. The van der Waals surface area contributed by atoms with Crippen molar-refractivity contribution in [1.82, 2.24) is 16.0 Å². The fraction of sp³-hybridized carbons (Fsp3) is 0.706. The van der Waals surface area contributed by atoms with E-state index < -0.39 is 54.3 Å². The summed E-state index contributed by atoms with van der Waals surface area (Å²) in [4.78, 5) is 58.1. The van der Waals surface area contributed by atoms with Gasteiger partial charge >= 0.3 is 11.9 Å². The van der Waals surface area contributed by atoms with E-state index in [-0.39, 0.29) is 25.2 Å². The third-order valence-corrected chi connectivity index (χ3v) is 4.57. The molecule has 0 saturated carbocycles. The molecule has 29 heavy (non-hydrogen) atoms. The molecule has 0 saturated heterocycles. The van der Waals surface area contributed by atoms with Crippen LogP contribution < -0.4 is 21.7 Å². The first-order valence-electron chi connectivity index (χ1n) is 9.06. The van der Waals surface area contributed by atoms with Crippen molar-refractivity contribution < 1.29 is 34.2 Å².